The number of fused-ring (bicyclic) bond motifs is 1. The van der Waals surface area contributed by atoms with Crippen LogP contribution in [-0.4, -0.2) is 25.0 Å². The van der Waals surface area contributed by atoms with E-state index in [1.807, 2.05) is 0 Å². The van der Waals surface area contributed by atoms with Crippen LogP contribution in [0.25, 0.3) is 0 Å². The number of rotatable bonds is 3. The van der Waals surface area contributed by atoms with Crippen molar-refractivity contribution in [2.75, 3.05) is 13.1 Å². The van der Waals surface area contributed by atoms with Gasteiger partial charge in [0, 0.05) is 18.4 Å². The van der Waals surface area contributed by atoms with Crippen LogP contribution in [0, 0.1) is 5.92 Å². The Balaban J connectivity index is 0.00000168. The third-order valence-electron chi connectivity index (χ3n) is 6.34. The lowest BCUT2D eigenvalue weighted by molar-refractivity contribution is -0.123. The molecule has 2 aromatic rings. The van der Waals surface area contributed by atoms with Crippen LogP contribution in [0.3, 0.4) is 0 Å². The first-order valence-corrected chi connectivity index (χ1v) is 9.51. The van der Waals surface area contributed by atoms with E-state index in [-0.39, 0.29) is 24.4 Å². The average Bonchev–Trinajstić information content (AvgIpc) is 3.21. The first-order valence-electron chi connectivity index (χ1n) is 9.51. The van der Waals surface area contributed by atoms with Crippen LogP contribution in [0.4, 0.5) is 0 Å². The molecule has 1 amide bonds. The minimum atomic E-state index is 0. The summed E-state index contributed by atoms with van der Waals surface area (Å²) in [6.07, 6.45) is 3.21. The Morgan fingerprint density at radius 2 is 1.62 bits per heavy atom. The van der Waals surface area contributed by atoms with Crippen LogP contribution in [0.15, 0.2) is 48.5 Å². The van der Waals surface area contributed by atoms with E-state index in [4.69, 9.17) is 0 Å². The number of nitrogens with one attached hydrogen (secondary N) is 2. The van der Waals surface area contributed by atoms with E-state index in [1.165, 1.54) is 22.3 Å². The van der Waals surface area contributed by atoms with Gasteiger partial charge in [-0.25, -0.2) is 0 Å². The first-order chi connectivity index (χ1) is 12.3. The van der Waals surface area contributed by atoms with Gasteiger partial charge in [0.2, 0.25) is 5.91 Å². The third kappa shape index (κ3) is 2.74. The van der Waals surface area contributed by atoms with E-state index >= 15 is 0 Å². The summed E-state index contributed by atoms with van der Waals surface area (Å²) in [7, 11) is 0. The molecule has 2 atom stereocenters. The Morgan fingerprint density at radius 3 is 2.19 bits per heavy atom. The Morgan fingerprint density at radius 1 is 1.00 bits per heavy atom. The topological polar surface area (TPSA) is 41.1 Å². The van der Waals surface area contributed by atoms with Crippen LogP contribution >= 0.6 is 12.4 Å². The van der Waals surface area contributed by atoms with E-state index in [0.717, 1.165) is 32.4 Å². The van der Waals surface area contributed by atoms with E-state index < -0.39 is 0 Å². The minimum absolute atomic E-state index is 0. The van der Waals surface area contributed by atoms with Gasteiger partial charge in [0.05, 0.1) is 6.04 Å². The molecule has 2 unspecified atom stereocenters. The molecule has 1 fully saturated rings. The van der Waals surface area contributed by atoms with Crippen LogP contribution in [0.5, 0.6) is 0 Å². The highest BCUT2D eigenvalue weighted by atomic mass is 35.5. The summed E-state index contributed by atoms with van der Waals surface area (Å²) in [6, 6.07) is 17.8. The Kier molecular flexibility index (Phi) is 4.76. The predicted molar refractivity (Wildman–Crippen MR) is 106 cm³/mol. The summed E-state index contributed by atoms with van der Waals surface area (Å²) in [5.74, 6) is 1.55. The molecule has 136 valence electrons. The molecule has 6 rings (SSSR count). The second-order valence-corrected chi connectivity index (χ2v) is 7.68. The molecule has 0 saturated carbocycles. The highest BCUT2D eigenvalue weighted by molar-refractivity contribution is 5.85. The fraction of sp³-hybridized carbons (Fsp3) is 0.409. The molecule has 26 heavy (non-hydrogen) atoms. The molecule has 1 saturated heterocycles. The number of carbonyl (C=O) groups excluding carboxylic acids is 1. The van der Waals surface area contributed by atoms with Gasteiger partial charge in [0.15, 0.2) is 0 Å². The van der Waals surface area contributed by atoms with Crippen LogP contribution in [-0.2, 0) is 4.79 Å². The standard InChI is InChI=1S/C22H24N2O.ClH/c25-22(20-10-5-11-23-20)24-13-14-12-19-15-6-1-3-8-17(15)21(14)18-9-4-2-7-16(18)19;/h1-4,6-9,14,19-21,23H,5,10-13H2,(H,24,25);1H. The molecule has 3 nitrogen and oxygen atoms in total. The third-order valence-corrected chi connectivity index (χ3v) is 6.34. The summed E-state index contributed by atoms with van der Waals surface area (Å²) in [4.78, 5) is 12.4. The van der Waals surface area contributed by atoms with Gasteiger partial charge in [-0.2, -0.15) is 0 Å². The molecule has 0 radical (unpaired) electrons. The maximum absolute atomic E-state index is 12.4. The van der Waals surface area contributed by atoms with Crippen LogP contribution in [0.2, 0.25) is 0 Å². The van der Waals surface area contributed by atoms with Gasteiger partial charge in [0.1, 0.15) is 0 Å². The van der Waals surface area contributed by atoms with Crippen molar-refractivity contribution in [2.24, 2.45) is 5.92 Å². The fourth-order valence-electron chi connectivity index (χ4n) is 5.22. The number of hydrogen-bond donors (Lipinski definition) is 2. The first kappa shape index (κ1) is 17.6. The smallest absolute Gasteiger partial charge is 0.237 e. The Labute approximate surface area is 161 Å². The molecule has 4 aliphatic rings. The summed E-state index contributed by atoms with van der Waals surface area (Å²) in [5, 5.41) is 6.54. The van der Waals surface area contributed by atoms with Crippen LogP contribution in [0.1, 0.15) is 53.4 Å². The normalized spacial score (nSPS) is 28.0. The number of benzene rings is 2. The van der Waals surface area contributed by atoms with E-state index in [2.05, 4.69) is 59.2 Å². The Hall–Kier alpha value is -1.84. The maximum Gasteiger partial charge on any atom is 0.237 e. The van der Waals surface area contributed by atoms with Crippen molar-refractivity contribution in [3.63, 3.8) is 0 Å². The molecule has 4 heteroatoms. The van der Waals surface area contributed by atoms with E-state index in [1.54, 1.807) is 0 Å². The van der Waals surface area contributed by atoms with Gasteiger partial charge in [-0.3, -0.25) is 4.79 Å². The van der Waals surface area contributed by atoms with E-state index in [9.17, 15) is 4.79 Å². The van der Waals surface area contributed by atoms with Crippen molar-refractivity contribution in [2.45, 2.75) is 37.1 Å². The number of halogens is 1. The molecule has 2 N–H and O–H groups in total. The van der Waals surface area contributed by atoms with Gasteiger partial charge in [0.25, 0.3) is 0 Å². The fourth-order valence-corrected chi connectivity index (χ4v) is 5.22. The summed E-state index contributed by atoms with van der Waals surface area (Å²) in [6.45, 7) is 1.74. The molecular weight excluding hydrogens is 344 g/mol. The van der Waals surface area contributed by atoms with Crippen molar-refractivity contribution >= 4 is 18.3 Å². The average molecular weight is 369 g/mol. The minimum Gasteiger partial charge on any atom is -0.354 e. The van der Waals surface area contributed by atoms with Gasteiger partial charge in [-0.1, -0.05) is 48.5 Å². The Bertz CT molecular complexity index is 768. The van der Waals surface area contributed by atoms with Gasteiger partial charge in [-0.05, 0) is 54.0 Å². The largest absolute Gasteiger partial charge is 0.354 e. The van der Waals surface area contributed by atoms with Crippen molar-refractivity contribution in [3.8, 4) is 0 Å². The lowest BCUT2D eigenvalue weighted by Crippen LogP contribution is -2.45. The molecule has 3 aliphatic carbocycles. The van der Waals surface area contributed by atoms with Gasteiger partial charge < -0.3 is 10.6 Å². The molecular formula is C22H25ClN2O. The summed E-state index contributed by atoms with van der Waals surface area (Å²) >= 11 is 0. The molecule has 0 spiro atoms. The van der Waals surface area contributed by atoms with E-state index in [0.29, 0.717) is 17.8 Å². The molecule has 0 aromatic heterocycles. The monoisotopic (exact) mass is 368 g/mol. The second kappa shape index (κ2) is 7.05. The number of amides is 1. The lowest BCUT2D eigenvalue weighted by Gasteiger charge is -2.45. The van der Waals surface area contributed by atoms with Crippen molar-refractivity contribution in [1.82, 2.24) is 10.6 Å². The molecule has 2 aromatic carbocycles. The summed E-state index contributed by atoms with van der Waals surface area (Å²) in [5.41, 5.74) is 5.92. The van der Waals surface area contributed by atoms with Gasteiger partial charge in [-0.15, -0.1) is 12.4 Å². The van der Waals surface area contributed by atoms with Crippen LogP contribution < -0.4 is 10.6 Å². The zero-order chi connectivity index (χ0) is 16.8. The van der Waals surface area contributed by atoms with Crippen molar-refractivity contribution in [3.05, 3.63) is 70.8 Å². The highest BCUT2D eigenvalue weighted by Gasteiger charge is 2.43. The zero-order valence-corrected chi connectivity index (χ0v) is 15.6. The van der Waals surface area contributed by atoms with Gasteiger partial charge >= 0.3 is 0 Å². The lowest BCUT2D eigenvalue weighted by atomic mass is 9.59. The SMILES string of the molecule is Cl.O=C(NCC1CC2c3ccccc3C1c1ccccc12)C1CCCN1. The second-order valence-electron chi connectivity index (χ2n) is 7.68. The zero-order valence-electron chi connectivity index (χ0n) is 14.8. The number of hydrogen-bond acceptors (Lipinski definition) is 2. The molecule has 2 bridgehead atoms. The maximum atomic E-state index is 12.4. The number of carbonyl (C=O) groups is 1. The highest BCUT2D eigenvalue weighted by Crippen LogP contribution is 2.55. The molecule has 1 aliphatic heterocycles. The predicted octanol–water partition coefficient (Wildman–Crippen LogP) is 3.57. The van der Waals surface area contributed by atoms with Crippen molar-refractivity contribution < 1.29 is 4.79 Å². The quantitative estimate of drug-likeness (QED) is 0.869. The molecule has 1 heterocycles. The van der Waals surface area contributed by atoms with Crippen molar-refractivity contribution in [1.29, 1.82) is 0 Å². The summed E-state index contributed by atoms with van der Waals surface area (Å²) < 4.78 is 0.